The molecule has 3 rings (SSSR count). The zero-order valence-electron chi connectivity index (χ0n) is 13.0. The van der Waals surface area contributed by atoms with Crippen LogP contribution >= 0.6 is 0 Å². The predicted molar refractivity (Wildman–Crippen MR) is 94.7 cm³/mol. The van der Waals surface area contributed by atoms with Gasteiger partial charge in [-0.25, -0.2) is 9.97 Å². The first-order chi connectivity index (χ1) is 11.2. The summed E-state index contributed by atoms with van der Waals surface area (Å²) in [6, 6.07) is 20.0. The van der Waals surface area contributed by atoms with E-state index in [1.54, 1.807) is 0 Å². The van der Waals surface area contributed by atoms with Gasteiger partial charge in [0, 0.05) is 19.3 Å². The summed E-state index contributed by atoms with van der Waals surface area (Å²) in [7, 11) is 1.97. The summed E-state index contributed by atoms with van der Waals surface area (Å²) in [5.41, 5.74) is 8.93. The molecule has 116 valence electrons. The fourth-order valence-corrected chi connectivity index (χ4v) is 2.38. The number of nitrogens with one attached hydrogen (secondary N) is 1. The van der Waals surface area contributed by atoms with Crippen LogP contribution in [0.5, 0.6) is 0 Å². The Bertz CT molecular complexity index is 759. The molecule has 0 bridgehead atoms. The van der Waals surface area contributed by atoms with E-state index in [2.05, 4.69) is 27.4 Å². The molecule has 3 N–H and O–H groups in total. The summed E-state index contributed by atoms with van der Waals surface area (Å²) in [5, 5.41) is 3.23. The highest BCUT2D eigenvalue weighted by molar-refractivity contribution is 5.78. The minimum Gasteiger partial charge on any atom is -0.393 e. The molecule has 23 heavy (non-hydrogen) atoms. The Morgan fingerprint density at radius 3 is 2.30 bits per heavy atom. The standard InChI is InChI=1S/C18H19N5/c1-23(12-14-8-4-2-5-9-14)18-16(19)17(20-13-21-18)22-15-10-6-3-7-11-15/h2-11,13H,12,19H2,1H3,(H,20,21,22). The third kappa shape index (κ3) is 3.58. The number of anilines is 4. The van der Waals surface area contributed by atoms with Crippen molar-refractivity contribution in [1.29, 1.82) is 0 Å². The molecule has 0 fully saturated rings. The van der Waals surface area contributed by atoms with Crippen molar-refractivity contribution in [1.82, 2.24) is 9.97 Å². The molecule has 0 aliphatic rings. The summed E-state index contributed by atoms with van der Waals surface area (Å²) in [6.45, 7) is 0.729. The van der Waals surface area contributed by atoms with E-state index in [4.69, 9.17) is 5.73 Å². The Morgan fingerprint density at radius 2 is 1.61 bits per heavy atom. The van der Waals surface area contributed by atoms with Crippen molar-refractivity contribution in [2.75, 3.05) is 23.0 Å². The van der Waals surface area contributed by atoms with Gasteiger partial charge in [-0.1, -0.05) is 48.5 Å². The van der Waals surface area contributed by atoms with Crippen molar-refractivity contribution < 1.29 is 0 Å². The number of nitrogens with zero attached hydrogens (tertiary/aromatic N) is 3. The van der Waals surface area contributed by atoms with Crippen molar-refractivity contribution in [3.8, 4) is 0 Å². The van der Waals surface area contributed by atoms with Crippen LogP contribution in [0, 0.1) is 0 Å². The first-order valence-electron chi connectivity index (χ1n) is 7.41. The van der Waals surface area contributed by atoms with Gasteiger partial charge in [0.2, 0.25) is 0 Å². The quantitative estimate of drug-likeness (QED) is 0.756. The summed E-state index contributed by atoms with van der Waals surface area (Å²) in [4.78, 5) is 10.6. The zero-order chi connectivity index (χ0) is 16.1. The molecule has 0 radical (unpaired) electrons. The van der Waals surface area contributed by atoms with E-state index in [1.807, 2.05) is 60.5 Å². The minimum atomic E-state index is 0.537. The van der Waals surface area contributed by atoms with E-state index in [9.17, 15) is 0 Å². The topological polar surface area (TPSA) is 67.1 Å². The van der Waals surface area contributed by atoms with Gasteiger partial charge in [-0.15, -0.1) is 0 Å². The van der Waals surface area contributed by atoms with Crippen LogP contribution in [0.15, 0.2) is 67.0 Å². The average Bonchev–Trinajstić information content (AvgIpc) is 2.58. The van der Waals surface area contributed by atoms with Crippen molar-refractivity contribution in [3.05, 3.63) is 72.6 Å². The maximum Gasteiger partial charge on any atom is 0.159 e. The fourth-order valence-electron chi connectivity index (χ4n) is 2.38. The van der Waals surface area contributed by atoms with Gasteiger partial charge >= 0.3 is 0 Å². The zero-order valence-corrected chi connectivity index (χ0v) is 13.0. The summed E-state index contributed by atoms with van der Waals surface area (Å²) in [5.74, 6) is 1.32. The summed E-state index contributed by atoms with van der Waals surface area (Å²) in [6.07, 6.45) is 1.53. The highest BCUT2D eigenvalue weighted by atomic mass is 15.2. The lowest BCUT2D eigenvalue weighted by atomic mass is 10.2. The third-order valence-corrected chi connectivity index (χ3v) is 3.52. The molecule has 0 amide bonds. The van der Waals surface area contributed by atoms with Crippen LogP contribution in [0.4, 0.5) is 23.0 Å². The molecule has 0 unspecified atom stereocenters. The Hall–Kier alpha value is -3.08. The molecule has 3 aromatic rings. The normalized spacial score (nSPS) is 10.3. The van der Waals surface area contributed by atoms with Crippen molar-refractivity contribution in [2.45, 2.75) is 6.54 Å². The van der Waals surface area contributed by atoms with Crippen LogP contribution < -0.4 is 16.0 Å². The molecule has 0 aliphatic heterocycles. The Morgan fingerprint density at radius 1 is 0.957 bits per heavy atom. The molecule has 0 saturated heterocycles. The summed E-state index contributed by atoms with van der Waals surface area (Å²) < 4.78 is 0. The SMILES string of the molecule is CN(Cc1ccccc1)c1ncnc(Nc2ccccc2)c1N. The molecule has 1 aromatic heterocycles. The Kier molecular flexibility index (Phi) is 4.38. The number of rotatable bonds is 5. The van der Waals surface area contributed by atoms with Gasteiger partial charge in [0.15, 0.2) is 11.6 Å². The lowest BCUT2D eigenvalue weighted by Crippen LogP contribution is -2.20. The van der Waals surface area contributed by atoms with E-state index in [1.165, 1.54) is 11.9 Å². The van der Waals surface area contributed by atoms with Crippen molar-refractivity contribution >= 4 is 23.0 Å². The number of hydrogen-bond donors (Lipinski definition) is 2. The second-order valence-electron chi connectivity index (χ2n) is 5.29. The van der Waals surface area contributed by atoms with Crippen molar-refractivity contribution in [2.24, 2.45) is 0 Å². The molecule has 2 aromatic carbocycles. The number of nitrogens with two attached hydrogens (primary N) is 1. The molecule has 0 saturated carbocycles. The smallest absolute Gasteiger partial charge is 0.159 e. The van der Waals surface area contributed by atoms with Crippen LogP contribution in [-0.4, -0.2) is 17.0 Å². The first kappa shape index (κ1) is 14.8. The minimum absolute atomic E-state index is 0.537. The molecule has 1 heterocycles. The van der Waals surface area contributed by atoms with Gasteiger partial charge in [-0.2, -0.15) is 0 Å². The highest BCUT2D eigenvalue weighted by Crippen LogP contribution is 2.28. The van der Waals surface area contributed by atoms with Gasteiger partial charge in [0.25, 0.3) is 0 Å². The summed E-state index contributed by atoms with van der Waals surface area (Å²) >= 11 is 0. The van der Waals surface area contributed by atoms with E-state index < -0.39 is 0 Å². The maximum atomic E-state index is 6.26. The average molecular weight is 305 g/mol. The van der Waals surface area contributed by atoms with Crippen LogP contribution in [0.3, 0.4) is 0 Å². The molecule has 0 spiro atoms. The van der Waals surface area contributed by atoms with Crippen LogP contribution in [0.1, 0.15) is 5.56 Å². The van der Waals surface area contributed by atoms with Crippen LogP contribution in [0.25, 0.3) is 0 Å². The maximum absolute atomic E-state index is 6.26. The van der Waals surface area contributed by atoms with Gasteiger partial charge in [0.05, 0.1) is 0 Å². The van der Waals surface area contributed by atoms with Gasteiger partial charge < -0.3 is 16.0 Å². The molecule has 5 nitrogen and oxygen atoms in total. The third-order valence-electron chi connectivity index (χ3n) is 3.52. The largest absolute Gasteiger partial charge is 0.393 e. The fraction of sp³-hybridized carbons (Fsp3) is 0.111. The number of hydrogen-bond acceptors (Lipinski definition) is 5. The molecule has 0 atom stereocenters. The number of aromatic nitrogens is 2. The van der Waals surface area contributed by atoms with Gasteiger partial charge in [-0.3, -0.25) is 0 Å². The van der Waals surface area contributed by atoms with E-state index in [-0.39, 0.29) is 0 Å². The van der Waals surface area contributed by atoms with Crippen molar-refractivity contribution in [3.63, 3.8) is 0 Å². The predicted octanol–water partition coefficient (Wildman–Crippen LogP) is 3.44. The highest BCUT2D eigenvalue weighted by Gasteiger charge is 2.12. The molecular formula is C18H19N5. The van der Waals surface area contributed by atoms with E-state index >= 15 is 0 Å². The van der Waals surface area contributed by atoms with E-state index in [0.29, 0.717) is 17.3 Å². The molecule has 0 aliphatic carbocycles. The Balaban J connectivity index is 1.81. The monoisotopic (exact) mass is 305 g/mol. The second-order valence-corrected chi connectivity index (χ2v) is 5.29. The second kappa shape index (κ2) is 6.79. The molecule has 5 heteroatoms. The number of nitrogen functional groups attached to an aromatic ring is 1. The Labute approximate surface area is 135 Å². The number of benzene rings is 2. The lowest BCUT2D eigenvalue weighted by Gasteiger charge is -2.21. The molecular weight excluding hydrogens is 286 g/mol. The van der Waals surface area contributed by atoms with E-state index in [0.717, 1.165) is 12.2 Å². The first-order valence-corrected chi connectivity index (χ1v) is 7.41. The number of para-hydroxylation sites is 1. The van der Waals surface area contributed by atoms with Crippen LogP contribution in [0.2, 0.25) is 0 Å². The van der Waals surface area contributed by atoms with Gasteiger partial charge in [-0.05, 0) is 17.7 Å². The van der Waals surface area contributed by atoms with Gasteiger partial charge in [0.1, 0.15) is 12.0 Å². The van der Waals surface area contributed by atoms with Crippen LogP contribution in [-0.2, 0) is 6.54 Å². The lowest BCUT2D eigenvalue weighted by molar-refractivity contribution is 0.894.